The van der Waals surface area contributed by atoms with Crippen LogP contribution < -0.4 is 10.5 Å². The number of nitrogen functional groups attached to an aromatic ring is 1. The molecule has 6 heteroatoms. The van der Waals surface area contributed by atoms with Crippen molar-refractivity contribution in [1.82, 2.24) is 0 Å². The number of para-hydroxylation sites is 1. The van der Waals surface area contributed by atoms with Crippen LogP contribution in [0.3, 0.4) is 0 Å². The maximum absolute atomic E-state index is 11.0. The van der Waals surface area contributed by atoms with Crippen molar-refractivity contribution in [1.29, 1.82) is 0 Å². The lowest BCUT2D eigenvalue weighted by molar-refractivity contribution is 0.0694. The van der Waals surface area contributed by atoms with Gasteiger partial charge in [-0.25, -0.2) is 4.79 Å². The summed E-state index contributed by atoms with van der Waals surface area (Å²) < 4.78 is 6.36. The SMILES string of the molecule is Nc1cc(Br)ccc1Oc1ccccc1C(=O)O.OC(c1ccccc1)c1ccccc1. The number of carbonyl (C=O) groups is 1. The average molecular weight is 492 g/mol. The Labute approximate surface area is 194 Å². The largest absolute Gasteiger partial charge is 0.478 e. The van der Waals surface area contributed by atoms with Crippen LogP contribution in [0.4, 0.5) is 5.69 Å². The zero-order chi connectivity index (χ0) is 22.9. The van der Waals surface area contributed by atoms with E-state index in [0.717, 1.165) is 15.6 Å². The molecule has 0 aliphatic heterocycles. The molecule has 0 unspecified atom stereocenters. The predicted molar refractivity (Wildman–Crippen MR) is 129 cm³/mol. The van der Waals surface area contributed by atoms with E-state index < -0.39 is 12.1 Å². The molecule has 0 saturated heterocycles. The average Bonchev–Trinajstić information content (AvgIpc) is 2.82. The Morgan fingerprint density at radius 2 is 1.31 bits per heavy atom. The van der Waals surface area contributed by atoms with E-state index >= 15 is 0 Å². The molecule has 4 rings (SSSR count). The molecule has 5 nitrogen and oxygen atoms in total. The van der Waals surface area contributed by atoms with E-state index in [0.29, 0.717) is 11.4 Å². The number of halogens is 1. The number of anilines is 1. The second kappa shape index (κ2) is 11.1. The third-order valence-electron chi connectivity index (χ3n) is 4.54. The number of aromatic carboxylic acids is 1. The number of ether oxygens (including phenoxy) is 1. The van der Waals surface area contributed by atoms with Crippen molar-refractivity contribution in [2.24, 2.45) is 0 Å². The van der Waals surface area contributed by atoms with Crippen molar-refractivity contribution in [3.8, 4) is 11.5 Å². The van der Waals surface area contributed by atoms with E-state index in [9.17, 15) is 9.90 Å². The van der Waals surface area contributed by atoms with Gasteiger partial charge in [-0.2, -0.15) is 0 Å². The van der Waals surface area contributed by atoms with Gasteiger partial charge in [0, 0.05) is 4.47 Å². The molecular formula is C26H22BrNO4. The lowest BCUT2D eigenvalue weighted by Crippen LogP contribution is -2.00. The second-order valence-corrected chi connectivity index (χ2v) is 7.73. The Morgan fingerprint density at radius 3 is 1.84 bits per heavy atom. The van der Waals surface area contributed by atoms with Gasteiger partial charge >= 0.3 is 5.97 Å². The molecule has 0 saturated carbocycles. The topological polar surface area (TPSA) is 92.8 Å². The number of hydrogen-bond acceptors (Lipinski definition) is 4. The normalized spacial score (nSPS) is 10.2. The van der Waals surface area contributed by atoms with Crippen LogP contribution >= 0.6 is 15.9 Å². The highest BCUT2D eigenvalue weighted by atomic mass is 79.9. The smallest absolute Gasteiger partial charge is 0.339 e. The molecule has 162 valence electrons. The molecule has 0 spiro atoms. The Bertz CT molecular complexity index is 1130. The van der Waals surface area contributed by atoms with Gasteiger partial charge in [-0.05, 0) is 41.5 Å². The number of rotatable bonds is 5. The molecule has 0 aliphatic rings. The van der Waals surface area contributed by atoms with Crippen molar-refractivity contribution < 1.29 is 19.7 Å². The Kier molecular flexibility index (Phi) is 8.02. The van der Waals surface area contributed by atoms with Gasteiger partial charge in [-0.3, -0.25) is 0 Å². The van der Waals surface area contributed by atoms with Gasteiger partial charge in [0.15, 0.2) is 0 Å². The van der Waals surface area contributed by atoms with Gasteiger partial charge < -0.3 is 20.7 Å². The van der Waals surface area contributed by atoms with Crippen LogP contribution in [-0.2, 0) is 0 Å². The summed E-state index contributed by atoms with van der Waals surface area (Å²) in [6.45, 7) is 0. The molecule has 0 radical (unpaired) electrons. The van der Waals surface area contributed by atoms with Crippen LogP contribution in [0.5, 0.6) is 11.5 Å². The monoisotopic (exact) mass is 491 g/mol. The highest BCUT2D eigenvalue weighted by Crippen LogP contribution is 2.31. The molecule has 0 heterocycles. The first-order chi connectivity index (χ1) is 15.5. The quantitative estimate of drug-likeness (QED) is 0.285. The fourth-order valence-corrected chi connectivity index (χ4v) is 3.30. The Balaban J connectivity index is 0.000000186. The summed E-state index contributed by atoms with van der Waals surface area (Å²) >= 11 is 3.29. The van der Waals surface area contributed by atoms with Crippen molar-refractivity contribution in [2.45, 2.75) is 6.10 Å². The first-order valence-electron chi connectivity index (χ1n) is 9.79. The summed E-state index contributed by atoms with van der Waals surface area (Å²) in [5, 5.41) is 19.0. The number of aliphatic hydroxyl groups excluding tert-OH is 1. The van der Waals surface area contributed by atoms with Gasteiger partial charge in [0.05, 0.1) is 5.69 Å². The van der Waals surface area contributed by atoms with Crippen LogP contribution in [-0.4, -0.2) is 16.2 Å². The zero-order valence-electron chi connectivity index (χ0n) is 17.1. The van der Waals surface area contributed by atoms with E-state index in [1.54, 1.807) is 36.4 Å². The van der Waals surface area contributed by atoms with Gasteiger partial charge in [0.2, 0.25) is 0 Å². The van der Waals surface area contributed by atoms with Crippen molar-refractivity contribution in [3.05, 3.63) is 124 Å². The fourth-order valence-electron chi connectivity index (χ4n) is 2.93. The number of hydrogen-bond donors (Lipinski definition) is 3. The van der Waals surface area contributed by atoms with E-state index in [4.69, 9.17) is 15.6 Å². The first-order valence-corrected chi connectivity index (χ1v) is 10.6. The van der Waals surface area contributed by atoms with E-state index in [2.05, 4.69) is 15.9 Å². The molecule has 0 bridgehead atoms. The lowest BCUT2D eigenvalue weighted by Gasteiger charge is -2.10. The maximum atomic E-state index is 11.0. The summed E-state index contributed by atoms with van der Waals surface area (Å²) in [4.78, 5) is 11.0. The summed E-state index contributed by atoms with van der Waals surface area (Å²) in [5.74, 6) is -0.354. The number of benzene rings is 4. The van der Waals surface area contributed by atoms with Crippen LogP contribution in [0.2, 0.25) is 0 Å². The first kappa shape index (κ1) is 23.1. The number of carboxylic acids is 1. The third kappa shape index (κ3) is 6.20. The Hall–Kier alpha value is -3.61. The minimum absolute atomic E-state index is 0.0971. The fraction of sp³-hybridized carbons (Fsp3) is 0.0385. The van der Waals surface area contributed by atoms with Crippen LogP contribution in [0, 0.1) is 0 Å². The molecule has 32 heavy (non-hydrogen) atoms. The van der Waals surface area contributed by atoms with E-state index in [1.807, 2.05) is 60.7 Å². The summed E-state index contributed by atoms with van der Waals surface area (Å²) in [6, 6.07) is 30.9. The minimum atomic E-state index is -1.04. The van der Waals surface area contributed by atoms with Crippen LogP contribution in [0.25, 0.3) is 0 Å². The molecule has 0 fully saturated rings. The standard InChI is InChI=1S/C13H10BrNO3.C13H12O/c14-8-5-6-12(10(15)7-8)18-11-4-2-1-3-9(11)13(16)17;14-13(11-7-3-1-4-8-11)12-9-5-2-6-10-12/h1-7H,15H2,(H,16,17);1-10,13-14H. The number of aliphatic hydroxyl groups is 1. The Morgan fingerprint density at radius 1 is 0.781 bits per heavy atom. The van der Waals surface area contributed by atoms with Gasteiger partial charge in [-0.1, -0.05) is 88.7 Å². The van der Waals surface area contributed by atoms with Crippen LogP contribution in [0.15, 0.2) is 108 Å². The molecule has 0 aliphatic carbocycles. The summed E-state index contributed by atoms with van der Waals surface area (Å²) in [7, 11) is 0. The summed E-state index contributed by atoms with van der Waals surface area (Å²) in [5.41, 5.74) is 8.18. The van der Waals surface area contributed by atoms with Crippen molar-refractivity contribution >= 4 is 27.6 Å². The third-order valence-corrected chi connectivity index (χ3v) is 5.03. The molecule has 0 atom stereocenters. The minimum Gasteiger partial charge on any atom is -0.478 e. The number of carboxylic acid groups (broad SMARTS) is 1. The molecule has 4 aromatic rings. The molecule has 4 aromatic carbocycles. The molecule has 0 amide bonds. The van der Waals surface area contributed by atoms with Crippen molar-refractivity contribution in [3.63, 3.8) is 0 Å². The maximum Gasteiger partial charge on any atom is 0.339 e. The summed E-state index contributed by atoms with van der Waals surface area (Å²) in [6.07, 6.45) is -0.516. The van der Waals surface area contributed by atoms with Crippen molar-refractivity contribution in [2.75, 3.05) is 5.73 Å². The molecule has 0 aromatic heterocycles. The highest BCUT2D eigenvalue weighted by Gasteiger charge is 2.12. The van der Waals surface area contributed by atoms with E-state index in [-0.39, 0.29) is 11.3 Å². The highest BCUT2D eigenvalue weighted by molar-refractivity contribution is 9.10. The van der Waals surface area contributed by atoms with Gasteiger partial charge in [0.1, 0.15) is 23.2 Å². The van der Waals surface area contributed by atoms with Gasteiger partial charge in [-0.15, -0.1) is 0 Å². The predicted octanol–water partition coefficient (Wildman–Crippen LogP) is 6.29. The molecule has 4 N–H and O–H groups in total. The van der Waals surface area contributed by atoms with Gasteiger partial charge in [0.25, 0.3) is 0 Å². The lowest BCUT2D eigenvalue weighted by atomic mass is 10.0. The van der Waals surface area contributed by atoms with Crippen LogP contribution in [0.1, 0.15) is 27.6 Å². The van der Waals surface area contributed by atoms with E-state index in [1.165, 1.54) is 6.07 Å². The second-order valence-electron chi connectivity index (χ2n) is 6.81. The number of nitrogens with two attached hydrogens (primary N) is 1. The zero-order valence-corrected chi connectivity index (χ0v) is 18.6. The molecular weight excluding hydrogens is 470 g/mol.